The predicted molar refractivity (Wildman–Crippen MR) is 91.8 cm³/mol. The van der Waals surface area contributed by atoms with Crippen LogP contribution in [0.3, 0.4) is 0 Å². The standard InChI is InChI=1S/C18H29N3O2/c1-13(19)8-18(22)20-9-16-4-6-17(7-5-16)12-21-10-14(2)23-15(3)11-21/h4-7,13-15H,8-12,19H2,1-3H3,(H,20,22). The van der Waals surface area contributed by atoms with Crippen molar-refractivity contribution >= 4 is 5.91 Å². The number of ether oxygens (including phenoxy) is 1. The Labute approximate surface area is 139 Å². The molecule has 1 saturated heterocycles. The van der Waals surface area contributed by atoms with Gasteiger partial charge in [-0.25, -0.2) is 0 Å². The topological polar surface area (TPSA) is 67.6 Å². The minimum Gasteiger partial charge on any atom is -0.373 e. The molecule has 23 heavy (non-hydrogen) atoms. The Bertz CT molecular complexity index is 491. The number of nitrogens with zero attached hydrogens (tertiary/aromatic N) is 1. The molecule has 0 bridgehead atoms. The minimum atomic E-state index is -0.101. The summed E-state index contributed by atoms with van der Waals surface area (Å²) < 4.78 is 5.76. The Balaban J connectivity index is 1.81. The second kappa shape index (κ2) is 8.43. The number of hydrogen-bond donors (Lipinski definition) is 2. The highest BCUT2D eigenvalue weighted by Gasteiger charge is 2.21. The van der Waals surface area contributed by atoms with Crippen molar-refractivity contribution in [2.45, 2.75) is 58.5 Å². The summed E-state index contributed by atoms with van der Waals surface area (Å²) in [5, 5.41) is 2.90. The van der Waals surface area contributed by atoms with Gasteiger partial charge in [-0.1, -0.05) is 24.3 Å². The van der Waals surface area contributed by atoms with Crippen LogP contribution in [0.5, 0.6) is 0 Å². The molecule has 5 heteroatoms. The quantitative estimate of drug-likeness (QED) is 0.836. The van der Waals surface area contributed by atoms with Crippen molar-refractivity contribution in [3.8, 4) is 0 Å². The lowest BCUT2D eigenvalue weighted by Crippen LogP contribution is -2.44. The maximum atomic E-state index is 11.6. The third-order valence-corrected chi connectivity index (χ3v) is 3.92. The first-order valence-corrected chi connectivity index (χ1v) is 8.40. The van der Waals surface area contributed by atoms with Gasteiger partial charge in [-0.2, -0.15) is 0 Å². The fourth-order valence-electron chi connectivity index (χ4n) is 3.00. The summed E-state index contributed by atoms with van der Waals surface area (Å²) in [6.45, 7) is 9.51. The Morgan fingerprint density at radius 3 is 2.39 bits per heavy atom. The van der Waals surface area contributed by atoms with Crippen LogP contribution >= 0.6 is 0 Å². The maximum Gasteiger partial charge on any atom is 0.221 e. The molecule has 3 N–H and O–H groups in total. The number of carbonyl (C=O) groups excluding carboxylic acids is 1. The van der Waals surface area contributed by atoms with Gasteiger partial charge in [0.15, 0.2) is 0 Å². The summed E-state index contributed by atoms with van der Waals surface area (Å²) in [5.74, 6) is 0.000341. The van der Waals surface area contributed by atoms with Gasteiger partial charge >= 0.3 is 0 Å². The highest BCUT2D eigenvalue weighted by Crippen LogP contribution is 2.14. The molecule has 1 fully saturated rings. The number of nitrogens with one attached hydrogen (secondary N) is 1. The van der Waals surface area contributed by atoms with Crippen LogP contribution < -0.4 is 11.1 Å². The van der Waals surface area contributed by atoms with Crippen molar-refractivity contribution in [3.63, 3.8) is 0 Å². The highest BCUT2D eigenvalue weighted by molar-refractivity contribution is 5.76. The van der Waals surface area contributed by atoms with Crippen molar-refractivity contribution in [3.05, 3.63) is 35.4 Å². The molecule has 0 saturated carbocycles. The average Bonchev–Trinajstić information content (AvgIpc) is 2.45. The van der Waals surface area contributed by atoms with Crippen molar-refractivity contribution in [1.82, 2.24) is 10.2 Å². The fraction of sp³-hybridized carbons (Fsp3) is 0.611. The molecule has 1 aromatic carbocycles. The molecule has 3 atom stereocenters. The Kier molecular flexibility index (Phi) is 6.57. The molecule has 0 aromatic heterocycles. The van der Waals surface area contributed by atoms with Crippen molar-refractivity contribution in [2.24, 2.45) is 5.73 Å². The van der Waals surface area contributed by atoms with Crippen LogP contribution in [0.2, 0.25) is 0 Å². The SMILES string of the molecule is CC(N)CC(=O)NCc1ccc(CN2CC(C)OC(C)C2)cc1. The van der Waals surface area contributed by atoms with Gasteiger partial charge in [0.25, 0.3) is 0 Å². The van der Waals surface area contributed by atoms with E-state index in [0.717, 1.165) is 25.2 Å². The predicted octanol–water partition coefficient (Wildman–Crippen LogP) is 1.65. The molecule has 3 unspecified atom stereocenters. The van der Waals surface area contributed by atoms with Crippen LogP contribution in [0.4, 0.5) is 0 Å². The van der Waals surface area contributed by atoms with E-state index in [1.54, 1.807) is 0 Å². The molecule has 1 amide bonds. The van der Waals surface area contributed by atoms with E-state index in [4.69, 9.17) is 10.5 Å². The first kappa shape index (κ1) is 17.9. The first-order valence-electron chi connectivity index (χ1n) is 8.40. The summed E-state index contributed by atoms with van der Waals surface area (Å²) in [4.78, 5) is 14.0. The van der Waals surface area contributed by atoms with Crippen LogP contribution in [0.25, 0.3) is 0 Å². The van der Waals surface area contributed by atoms with Crippen LogP contribution in [0.15, 0.2) is 24.3 Å². The van der Waals surface area contributed by atoms with E-state index in [0.29, 0.717) is 13.0 Å². The third-order valence-electron chi connectivity index (χ3n) is 3.92. The number of hydrogen-bond acceptors (Lipinski definition) is 4. The smallest absolute Gasteiger partial charge is 0.221 e. The van der Waals surface area contributed by atoms with Crippen molar-refractivity contribution < 1.29 is 9.53 Å². The second-order valence-corrected chi connectivity index (χ2v) is 6.73. The van der Waals surface area contributed by atoms with Crippen LogP contribution in [-0.4, -0.2) is 42.1 Å². The van der Waals surface area contributed by atoms with Crippen molar-refractivity contribution in [1.29, 1.82) is 0 Å². The first-order chi connectivity index (χ1) is 10.9. The number of rotatable bonds is 6. The van der Waals surface area contributed by atoms with Gasteiger partial charge in [-0.05, 0) is 31.9 Å². The van der Waals surface area contributed by atoms with Gasteiger partial charge in [0.1, 0.15) is 0 Å². The van der Waals surface area contributed by atoms with Gasteiger partial charge in [0.2, 0.25) is 5.91 Å². The molecule has 5 nitrogen and oxygen atoms in total. The lowest BCUT2D eigenvalue weighted by molar-refractivity contribution is -0.121. The molecular weight excluding hydrogens is 290 g/mol. The van der Waals surface area contributed by atoms with E-state index in [2.05, 4.69) is 48.3 Å². The van der Waals surface area contributed by atoms with Crippen LogP contribution in [-0.2, 0) is 22.6 Å². The molecule has 2 rings (SSSR count). The molecule has 0 aliphatic carbocycles. The van der Waals surface area contributed by atoms with Gasteiger partial charge < -0.3 is 15.8 Å². The summed E-state index contributed by atoms with van der Waals surface area (Å²) in [5.41, 5.74) is 8.01. The van der Waals surface area contributed by atoms with Gasteiger partial charge in [0, 0.05) is 38.6 Å². The number of morpholine rings is 1. The molecule has 0 radical (unpaired) electrons. The second-order valence-electron chi connectivity index (χ2n) is 6.73. The monoisotopic (exact) mass is 319 g/mol. The maximum absolute atomic E-state index is 11.6. The zero-order valence-electron chi connectivity index (χ0n) is 14.4. The molecular formula is C18H29N3O2. The van der Waals surface area contributed by atoms with E-state index in [9.17, 15) is 4.79 Å². The largest absolute Gasteiger partial charge is 0.373 e. The molecule has 1 aliphatic heterocycles. The zero-order chi connectivity index (χ0) is 16.8. The molecule has 1 aliphatic rings. The summed E-state index contributed by atoms with van der Waals surface area (Å²) in [7, 11) is 0. The molecule has 1 aromatic rings. The Morgan fingerprint density at radius 1 is 1.26 bits per heavy atom. The summed E-state index contributed by atoms with van der Waals surface area (Å²) in [6, 6.07) is 8.33. The number of benzene rings is 1. The highest BCUT2D eigenvalue weighted by atomic mass is 16.5. The van der Waals surface area contributed by atoms with E-state index >= 15 is 0 Å². The number of carbonyl (C=O) groups is 1. The minimum absolute atomic E-state index is 0.000341. The summed E-state index contributed by atoms with van der Waals surface area (Å²) >= 11 is 0. The van der Waals surface area contributed by atoms with Gasteiger partial charge in [-0.15, -0.1) is 0 Å². The Morgan fingerprint density at radius 2 is 1.83 bits per heavy atom. The zero-order valence-corrected chi connectivity index (χ0v) is 14.4. The van der Waals surface area contributed by atoms with E-state index < -0.39 is 0 Å². The van der Waals surface area contributed by atoms with Crippen LogP contribution in [0.1, 0.15) is 38.3 Å². The normalized spacial score (nSPS) is 23.5. The van der Waals surface area contributed by atoms with E-state index in [1.165, 1.54) is 5.56 Å². The molecule has 1 heterocycles. The van der Waals surface area contributed by atoms with E-state index in [1.807, 2.05) is 6.92 Å². The van der Waals surface area contributed by atoms with Crippen LogP contribution in [0, 0.1) is 0 Å². The molecule has 128 valence electrons. The van der Waals surface area contributed by atoms with E-state index in [-0.39, 0.29) is 24.2 Å². The molecule has 0 spiro atoms. The van der Waals surface area contributed by atoms with Gasteiger partial charge in [-0.3, -0.25) is 9.69 Å². The third kappa shape index (κ3) is 6.29. The number of nitrogens with two attached hydrogens (primary N) is 1. The summed E-state index contributed by atoms with van der Waals surface area (Å²) in [6.07, 6.45) is 0.947. The average molecular weight is 319 g/mol. The lowest BCUT2D eigenvalue weighted by atomic mass is 10.1. The number of amides is 1. The lowest BCUT2D eigenvalue weighted by Gasteiger charge is -2.35. The Hall–Kier alpha value is -1.43. The fourth-order valence-corrected chi connectivity index (χ4v) is 3.00. The van der Waals surface area contributed by atoms with Crippen molar-refractivity contribution in [2.75, 3.05) is 13.1 Å². The van der Waals surface area contributed by atoms with Gasteiger partial charge in [0.05, 0.1) is 12.2 Å².